The van der Waals surface area contributed by atoms with Gasteiger partial charge in [0.2, 0.25) is 0 Å². The molecule has 0 amide bonds. The van der Waals surface area contributed by atoms with Crippen LogP contribution in [0.4, 0.5) is 0 Å². The van der Waals surface area contributed by atoms with Gasteiger partial charge in [0.25, 0.3) is 0 Å². The summed E-state index contributed by atoms with van der Waals surface area (Å²) < 4.78 is 0. The molecule has 0 aromatic heterocycles. The van der Waals surface area contributed by atoms with Crippen LogP contribution in [0.3, 0.4) is 0 Å². The molecule has 0 spiro atoms. The maximum atomic E-state index is 10.1. The molecule has 1 heteroatoms. The van der Waals surface area contributed by atoms with E-state index in [2.05, 4.69) is 36.4 Å². The third-order valence-electron chi connectivity index (χ3n) is 4.56. The summed E-state index contributed by atoms with van der Waals surface area (Å²) >= 11 is 0. The molecule has 1 aromatic rings. The summed E-state index contributed by atoms with van der Waals surface area (Å²) in [5.74, 6) is 1.92. The van der Waals surface area contributed by atoms with E-state index in [-0.39, 0.29) is 6.10 Å². The summed E-state index contributed by atoms with van der Waals surface area (Å²) in [5, 5.41) is 10.1. The van der Waals surface area contributed by atoms with Crippen LogP contribution in [0.25, 0.3) is 6.08 Å². The Morgan fingerprint density at radius 2 is 1.88 bits per heavy atom. The third-order valence-corrected chi connectivity index (χ3v) is 4.56. The van der Waals surface area contributed by atoms with Crippen LogP contribution in [0.1, 0.15) is 31.2 Å². The number of benzene rings is 1. The molecule has 1 aromatic carbocycles. The molecule has 1 nitrogen and oxygen atoms in total. The van der Waals surface area contributed by atoms with Crippen molar-refractivity contribution in [1.82, 2.24) is 0 Å². The van der Waals surface area contributed by atoms with E-state index in [0.29, 0.717) is 11.8 Å². The molecule has 2 saturated carbocycles. The molecule has 0 unspecified atom stereocenters. The summed E-state index contributed by atoms with van der Waals surface area (Å²) in [6.07, 6.45) is 9.29. The molecular weight excluding hydrogens is 208 g/mol. The van der Waals surface area contributed by atoms with Gasteiger partial charge in [0, 0.05) is 0 Å². The van der Waals surface area contributed by atoms with Crippen LogP contribution >= 0.6 is 0 Å². The van der Waals surface area contributed by atoms with E-state index in [1.807, 2.05) is 6.07 Å². The van der Waals surface area contributed by atoms with Crippen LogP contribution in [-0.4, -0.2) is 11.2 Å². The van der Waals surface area contributed by atoms with Crippen molar-refractivity contribution in [3.63, 3.8) is 0 Å². The Labute approximate surface area is 103 Å². The summed E-state index contributed by atoms with van der Waals surface area (Å²) in [4.78, 5) is 0. The van der Waals surface area contributed by atoms with E-state index in [9.17, 15) is 5.11 Å². The molecule has 1 N–H and O–H groups in total. The summed E-state index contributed by atoms with van der Waals surface area (Å²) in [5.41, 5.74) is 1.25. The number of aliphatic hydroxyl groups is 1. The van der Waals surface area contributed by atoms with Crippen molar-refractivity contribution in [1.29, 1.82) is 0 Å². The molecule has 2 aliphatic rings. The minimum absolute atomic E-state index is 0.0332. The van der Waals surface area contributed by atoms with Crippen molar-refractivity contribution in [2.24, 2.45) is 17.8 Å². The summed E-state index contributed by atoms with van der Waals surface area (Å²) in [6.45, 7) is 0. The van der Waals surface area contributed by atoms with Crippen molar-refractivity contribution < 1.29 is 5.11 Å². The van der Waals surface area contributed by atoms with Crippen LogP contribution in [0.5, 0.6) is 0 Å². The highest BCUT2D eigenvalue weighted by molar-refractivity contribution is 5.48. The van der Waals surface area contributed by atoms with Gasteiger partial charge in [-0.25, -0.2) is 0 Å². The third kappa shape index (κ3) is 2.16. The second-order valence-corrected chi connectivity index (χ2v) is 5.54. The molecule has 4 atom stereocenters. The standard InChI is InChI=1S/C16H20O/c17-16-14-10-9-13(11-14)15(16)8-4-7-12-5-2-1-3-6-12/h1-7,13-17H,8-11H2/b7-4+/t13-,14+,15+,16+/m1/s1. The molecule has 2 aliphatic carbocycles. The quantitative estimate of drug-likeness (QED) is 0.839. The first-order valence-electron chi connectivity index (χ1n) is 6.74. The molecular formula is C16H20O. The number of fused-ring (bicyclic) bond motifs is 2. The van der Waals surface area contributed by atoms with Gasteiger partial charge in [-0.3, -0.25) is 0 Å². The molecule has 2 bridgehead atoms. The van der Waals surface area contributed by atoms with Crippen LogP contribution in [0, 0.1) is 17.8 Å². The van der Waals surface area contributed by atoms with E-state index in [1.54, 1.807) is 0 Å². The maximum Gasteiger partial charge on any atom is 0.0602 e. The number of aliphatic hydroxyl groups excluding tert-OH is 1. The second-order valence-electron chi connectivity index (χ2n) is 5.54. The Hall–Kier alpha value is -1.08. The smallest absolute Gasteiger partial charge is 0.0602 e. The Bertz CT molecular complexity index is 393. The lowest BCUT2D eigenvalue weighted by Crippen LogP contribution is -2.26. The highest BCUT2D eigenvalue weighted by atomic mass is 16.3. The Balaban J connectivity index is 1.60. The Morgan fingerprint density at radius 1 is 1.12 bits per heavy atom. The first-order chi connectivity index (χ1) is 8.34. The zero-order valence-corrected chi connectivity index (χ0v) is 10.1. The molecule has 3 rings (SSSR count). The molecule has 17 heavy (non-hydrogen) atoms. The largest absolute Gasteiger partial charge is 0.393 e. The fraction of sp³-hybridized carbons (Fsp3) is 0.500. The summed E-state index contributed by atoms with van der Waals surface area (Å²) in [6, 6.07) is 10.4. The van der Waals surface area contributed by atoms with Crippen molar-refractivity contribution in [3.8, 4) is 0 Å². The van der Waals surface area contributed by atoms with E-state index in [4.69, 9.17) is 0 Å². The molecule has 0 saturated heterocycles. The van der Waals surface area contributed by atoms with Gasteiger partial charge >= 0.3 is 0 Å². The SMILES string of the molecule is O[C@H]1[C@H]2CC[C@H](C2)[C@@H]1C/C=C/c1ccccc1. The highest BCUT2D eigenvalue weighted by Gasteiger charge is 2.45. The van der Waals surface area contributed by atoms with Gasteiger partial charge in [0.1, 0.15) is 0 Å². The topological polar surface area (TPSA) is 20.2 Å². The van der Waals surface area contributed by atoms with Crippen LogP contribution in [0.15, 0.2) is 36.4 Å². The zero-order valence-electron chi connectivity index (χ0n) is 10.1. The van der Waals surface area contributed by atoms with Gasteiger partial charge in [-0.15, -0.1) is 0 Å². The zero-order chi connectivity index (χ0) is 11.7. The van der Waals surface area contributed by atoms with Gasteiger partial charge in [0.05, 0.1) is 6.10 Å². The van der Waals surface area contributed by atoms with Gasteiger partial charge in [-0.1, -0.05) is 42.5 Å². The van der Waals surface area contributed by atoms with Crippen molar-refractivity contribution in [3.05, 3.63) is 42.0 Å². The average molecular weight is 228 g/mol. The van der Waals surface area contributed by atoms with Crippen molar-refractivity contribution >= 4 is 6.08 Å². The van der Waals surface area contributed by atoms with E-state index in [1.165, 1.54) is 24.8 Å². The molecule has 0 aliphatic heterocycles. The van der Waals surface area contributed by atoms with Gasteiger partial charge < -0.3 is 5.11 Å². The van der Waals surface area contributed by atoms with Crippen LogP contribution < -0.4 is 0 Å². The van der Waals surface area contributed by atoms with Gasteiger partial charge in [0.15, 0.2) is 0 Å². The Kier molecular flexibility index (Phi) is 3.02. The minimum Gasteiger partial charge on any atom is -0.393 e. The minimum atomic E-state index is -0.0332. The maximum absolute atomic E-state index is 10.1. The number of allylic oxidation sites excluding steroid dienone is 1. The normalized spacial score (nSPS) is 35.8. The van der Waals surface area contributed by atoms with E-state index < -0.39 is 0 Å². The number of hydrogen-bond acceptors (Lipinski definition) is 1. The lowest BCUT2D eigenvalue weighted by molar-refractivity contribution is 0.0604. The molecule has 0 heterocycles. The predicted octanol–water partition coefficient (Wildman–Crippen LogP) is 3.50. The van der Waals surface area contributed by atoms with Crippen LogP contribution in [-0.2, 0) is 0 Å². The van der Waals surface area contributed by atoms with E-state index >= 15 is 0 Å². The monoisotopic (exact) mass is 228 g/mol. The fourth-order valence-corrected chi connectivity index (χ4v) is 3.64. The molecule has 0 radical (unpaired) electrons. The van der Waals surface area contributed by atoms with E-state index in [0.717, 1.165) is 12.3 Å². The molecule has 2 fully saturated rings. The average Bonchev–Trinajstić information content (AvgIpc) is 2.94. The predicted molar refractivity (Wildman–Crippen MR) is 70.4 cm³/mol. The first kappa shape index (κ1) is 11.0. The fourth-order valence-electron chi connectivity index (χ4n) is 3.64. The van der Waals surface area contributed by atoms with Gasteiger partial charge in [-0.2, -0.15) is 0 Å². The van der Waals surface area contributed by atoms with Crippen molar-refractivity contribution in [2.45, 2.75) is 31.8 Å². The Morgan fingerprint density at radius 3 is 2.59 bits per heavy atom. The lowest BCUT2D eigenvalue weighted by atomic mass is 9.84. The van der Waals surface area contributed by atoms with Crippen LogP contribution in [0.2, 0.25) is 0 Å². The van der Waals surface area contributed by atoms with Gasteiger partial charge in [-0.05, 0) is 49.0 Å². The first-order valence-corrected chi connectivity index (χ1v) is 6.74. The lowest BCUT2D eigenvalue weighted by Gasteiger charge is -2.25. The summed E-state index contributed by atoms with van der Waals surface area (Å²) in [7, 11) is 0. The molecule has 90 valence electrons. The highest BCUT2D eigenvalue weighted by Crippen LogP contribution is 2.49. The second kappa shape index (κ2) is 4.66. The van der Waals surface area contributed by atoms with Crippen molar-refractivity contribution in [2.75, 3.05) is 0 Å². The number of rotatable bonds is 3. The number of hydrogen-bond donors (Lipinski definition) is 1.